The number of benzene rings is 3. The summed E-state index contributed by atoms with van der Waals surface area (Å²) in [7, 11) is 1.63. The van der Waals surface area contributed by atoms with Crippen LogP contribution in [-0.2, 0) is 11.2 Å². The Hall–Kier alpha value is -3.14. The van der Waals surface area contributed by atoms with Gasteiger partial charge in [0.05, 0.1) is 13.5 Å². The monoisotopic (exact) mass is 403 g/mol. The number of amides is 1. The van der Waals surface area contributed by atoms with Crippen molar-refractivity contribution in [1.82, 2.24) is 4.90 Å². The molecule has 0 radical (unpaired) electrons. The quantitative estimate of drug-likeness (QED) is 0.457. The van der Waals surface area contributed by atoms with Crippen LogP contribution in [0.4, 0.5) is 0 Å². The zero-order chi connectivity index (χ0) is 21.5. The van der Waals surface area contributed by atoms with Gasteiger partial charge in [-0.1, -0.05) is 49.7 Å². The predicted octanol–water partition coefficient (Wildman–Crippen LogP) is 5.27. The van der Waals surface area contributed by atoms with E-state index >= 15 is 0 Å². The predicted molar refractivity (Wildman–Crippen MR) is 121 cm³/mol. The van der Waals surface area contributed by atoms with Crippen LogP contribution >= 0.6 is 0 Å². The molecule has 0 N–H and O–H groups in total. The second kappa shape index (κ2) is 10.1. The Morgan fingerprint density at radius 2 is 1.70 bits per heavy atom. The van der Waals surface area contributed by atoms with Crippen molar-refractivity contribution in [3.63, 3.8) is 0 Å². The van der Waals surface area contributed by atoms with Gasteiger partial charge < -0.3 is 9.64 Å². The Balaban J connectivity index is 2.03. The molecule has 0 aliphatic carbocycles. The number of rotatable bonds is 9. The number of methoxy groups -OCH3 is 1. The SMILES string of the molecule is CCCCN(CC)C(=O)Cc1cc(C(=O)c2ccccc2)cc2ccc(OC)cc12. The third-order valence-corrected chi connectivity index (χ3v) is 5.40. The highest BCUT2D eigenvalue weighted by molar-refractivity contribution is 6.11. The molecule has 0 aliphatic heterocycles. The molecular weight excluding hydrogens is 374 g/mol. The fraction of sp³-hybridized carbons (Fsp3) is 0.308. The summed E-state index contributed by atoms with van der Waals surface area (Å²) in [5, 5.41) is 1.87. The van der Waals surface area contributed by atoms with E-state index in [2.05, 4.69) is 6.92 Å². The first-order chi connectivity index (χ1) is 14.6. The van der Waals surface area contributed by atoms with Crippen LogP contribution in [0.5, 0.6) is 5.75 Å². The van der Waals surface area contributed by atoms with Crippen LogP contribution in [-0.4, -0.2) is 36.8 Å². The van der Waals surface area contributed by atoms with Crippen molar-refractivity contribution in [2.45, 2.75) is 33.1 Å². The van der Waals surface area contributed by atoms with Gasteiger partial charge in [0.1, 0.15) is 5.75 Å². The van der Waals surface area contributed by atoms with E-state index in [4.69, 9.17) is 4.74 Å². The second-order valence-electron chi connectivity index (χ2n) is 7.42. The molecule has 0 unspecified atom stereocenters. The summed E-state index contributed by atoms with van der Waals surface area (Å²) in [6.45, 7) is 5.57. The van der Waals surface area contributed by atoms with Crippen molar-refractivity contribution in [2.24, 2.45) is 0 Å². The number of nitrogens with zero attached hydrogens (tertiary/aromatic N) is 1. The highest BCUT2D eigenvalue weighted by Crippen LogP contribution is 2.28. The van der Waals surface area contributed by atoms with E-state index in [1.807, 2.05) is 72.5 Å². The summed E-state index contributed by atoms with van der Waals surface area (Å²) in [4.78, 5) is 28.0. The van der Waals surface area contributed by atoms with Crippen LogP contribution in [0.15, 0.2) is 60.7 Å². The Labute approximate surface area is 178 Å². The number of carbonyl (C=O) groups excluding carboxylic acids is 2. The first-order valence-corrected chi connectivity index (χ1v) is 10.6. The van der Waals surface area contributed by atoms with E-state index < -0.39 is 0 Å². The summed E-state index contributed by atoms with van der Waals surface area (Å²) in [5.74, 6) is 0.774. The van der Waals surface area contributed by atoms with Gasteiger partial charge in [0.2, 0.25) is 5.91 Å². The normalized spacial score (nSPS) is 10.8. The summed E-state index contributed by atoms with van der Waals surface area (Å²) in [6, 6.07) is 18.8. The number of hydrogen-bond acceptors (Lipinski definition) is 3. The van der Waals surface area contributed by atoms with E-state index in [9.17, 15) is 9.59 Å². The zero-order valence-electron chi connectivity index (χ0n) is 18.0. The molecule has 0 aliphatic rings. The molecule has 30 heavy (non-hydrogen) atoms. The molecule has 3 rings (SSSR count). The molecule has 4 heteroatoms. The van der Waals surface area contributed by atoms with Crippen LogP contribution in [0.3, 0.4) is 0 Å². The summed E-state index contributed by atoms with van der Waals surface area (Å²) >= 11 is 0. The maximum atomic E-state index is 13.1. The second-order valence-corrected chi connectivity index (χ2v) is 7.42. The van der Waals surface area contributed by atoms with E-state index in [0.717, 1.165) is 41.5 Å². The number of hydrogen-bond donors (Lipinski definition) is 0. The van der Waals surface area contributed by atoms with E-state index in [-0.39, 0.29) is 18.1 Å². The van der Waals surface area contributed by atoms with E-state index in [1.165, 1.54) is 0 Å². The van der Waals surface area contributed by atoms with Crippen LogP contribution in [0.1, 0.15) is 48.2 Å². The van der Waals surface area contributed by atoms with Gasteiger partial charge in [0, 0.05) is 24.2 Å². The van der Waals surface area contributed by atoms with Crippen LogP contribution in [0.25, 0.3) is 10.8 Å². The molecule has 0 aromatic heterocycles. The fourth-order valence-electron chi connectivity index (χ4n) is 3.66. The van der Waals surface area contributed by atoms with Crippen molar-refractivity contribution in [3.05, 3.63) is 77.4 Å². The molecule has 0 saturated heterocycles. The Bertz CT molecular complexity index is 1030. The summed E-state index contributed by atoms with van der Waals surface area (Å²) in [6.07, 6.45) is 2.29. The van der Waals surface area contributed by atoms with Crippen LogP contribution < -0.4 is 4.74 Å². The van der Waals surface area contributed by atoms with E-state index in [1.54, 1.807) is 7.11 Å². The fourth-order valence-corrected chi connectivity index (χ4v) is 3.66. The van der Waals surface area contributed by atoms with Crippen molar-refractivity contribution in [3.8, 4) is 5.75 Å². The lowest BCUT2D eigenvalue weighted by molar-refractivity contribution is -0.130. The van der Waals surface area contributed by atoms with Gasteiger partial charge in [-0.05, 0) is 53.9 Å². The lowest BCUT2D eigenvalue weighted by Crippen LogP contribution is -2.33. The molecule has 0 atom stereocenters. The minimum absolute atomic E-state index is 0.0413. The maximum absolute atomic E-state index is 13.1. The minimum atomic E-state index is -0.0413. The van der Waals surface area contributed by atoms with Gasteiger partial charge in [-0.2, -0.15) is 0 Å². The van der Waals surface area contributed by atoms with Crippen molar-refractivity contribution >= 4 is 22.5 Å². The van der Waals surface area contributed by atoms with Crippen LogP contribution in [0.2, 0.25) is 0 Å². The van der Waals surface area contributed by atoms with Crippen molar-refractivity contribution < 1.29 is 14.3 Å². The van der Waals surface area contributed by atoms with Gasteiger partial charge in [-0.3, -0.25) is 9.59 Å². The molecule has 0 saturated carbocycles. The largest absolute Gasteiger partial charge is 0.497 e. The minimum Gasteiger partial charge on any atom is -0.497 e. The van der Waals surface area contributed by atoms with Gasteiger partial charge in [0.25, 0.3) is 0 Å². The maximum Gasteiger partial charge on any atom is 0.227 e. The number of unbranched alkanes of at least 4 members (excludes halogenated alkanes) is 1. The molecule has 0 heterocycles. The molecule has 0 spiro atoms. The van der Waals surface area contributed by atoms with Gasteiger partial charge >= 0.3 is 0 Å². The Morgan fingerprint density at radius 3 is 2.37 bits per heavy atom. The molecule has 0 fully saturated rings. The number of ether oxygens (including phenoxy) is 1. The summed E-state index contributed by atoms with van der Waals surface area (Å²) in [5.41, 5.74) is 2.09. The molecule has 3 aromatic carbocycles. The topological polar surface area (TPSA) is 46.6 Å². The smallest absolute Gasteiger partial charge is 0.227 e. The molecule has 3 aromatic rings. The molecule has 4 nitrogen and oxygen atoms in total. The average Bonchev–Trinajstić information content (AvgIpc) is 2.79. The molecule has 0 bridgehead atoms. The summed E-state index contributed by atoms with van der Waals surface area (Å²) < 4.78 is 5.39. The number of carbonyl (C=O) groups is 2. The zero-order valence-corrected chi connectivity index (χ0v) is 18.0. The standard InChI is InChI=1S/C26H29NO3/c1-4-6-14-27(5-2)25(28)17-21-16-22(26(29)19-10-8-7-9-11-19)15-20-12-13-23(30-3)18-24(20)21/h7-13,15-16,18H,4-6,14,17H2,1-3H3. The van der Waals surface area contributed by atoms with Crippen molar-refractivity contribution in [2.75, 3.05) is 20.2 Å². The lowest BCUT2D eigenvalue weighted by Gasteiger charge is -2.21. The van der Waals surface area contributed by atoms with Crippen LogP contribution in [0, 0.1) is 0 Å². The third kappa shape index (κ3) is 4.88. The lowest BCUT2D eigenvalue weighted by atomic mass is 9.94. The highest BCUT2D eigenvalue weighted by Gasteiger charge is 2.17. The van der Waals surface area contributed by atoms with Crippen molar-refractivity contribution in [1.29, 1.82) is 0 Å². The Morgan fingerprint density at radius 1 is 0.933 bits per heavy atom. The number of likely N-dealkylation sites (N-methyl/N-ethyl adjacent to an activating group) is 1. The van der Waals surface area contributed by atoms with E-state index in [0.29, 0.717) is 17.7 Å². The van der Waals surface area contributed by atoms with Gasteiger partial charge in [-0.15, -0.1) is 0 Å². The van der Waals surface area contributed by atoms with Gasteiger partial charge in [0.15, 0.2) is 5.78 Å². The number of fused-ring (bicyclic) bond motifs is 1. The Kier molecular flexibility index (Phi) is 7.23. The molecular formula is C26H29NO3. The number of ketones is 1. The first kappa shape index (κ1) is 21.6. The third-order valence-electron chi connectivity index (χ3n) is 5.40. The average molecular weight is 404 g/mol. The molecule has 1 amide bonds. The first-order valence-electron chi connectivity index (χ1n) is 10.6. The molecule has 156 valence electrons. The highest BCUT2D eigenvalue weighted by atomic mass is 16.5. The van der Waals surface area contributed by atoms with Gasteiger partial charge in [-0.25, -0.2) is 0 Å².